The van der Waals surface area contributed by atoms with E-state index >= 15 is 0 Å². The summed E-state index contributed by atoms with van der Waals surface area (Å²) in [7, 11) is -3.93. The standard InChI is InChI=1S/C13H15F3O4S/c1-2-9-4-5-10(8-11(9)12(17)18)21(19,20)7-3-6-13(14,15)16/h4-5,8H,2-3,6-7H2,1H3,(H,17,18). The average Bonchev–Trinajstić information content (AvgIpc) is 2.35. The molecule has 0 spiro atoms. The van der Waals surface area contributed by atoms with Gasteiger partial charge in [-0.1, -0.05) is 13.0 Å². The van der Waals surface area contributed by atoms with Crippen LogP contribution in [0.25, 0.3) is 0 Å². The molecule has 1 aromatic carbocycles. The number of carboxylic acids is 1. The molecule has 0 bridgehead atoms. The van der Waals surface area contributed by atoms with E-state index in [1.54, 1.807) is 6.92 Å². The van der Waals surface area contributed by atoms with Crippen molar-refractivity contribution in [3.05, 3.63) is 29.3 Å². The van der Waals surface area contributed by atoms with E-state index in [9.17, 15) is 26.4 Å². The second-order valence-corrected chi connectivity index (χ2v) is 6.62. The summed E-state index contributed by atoms with van der Waals surface area (Å²) in [6, 6.07) is 3.61. The zero-order chi connectivity index (χ0) is 16.3. The Morgan fingerprint density at radius 3 is 2.38 bits per heavy atom. The molecule has 0 saturated carbocycles. The van der Waals surface area contributed by atoms with E-state index in [2.05, 4.69) is 0 Å². The first-order valence-corrected chi connectivity index (χ1v) is 7.88. The lowest BCUT2D eigenvalue weighted by Crippen LogP contribution is -2.13. The lowest BCUT2D eigenvalue weighted by Gasteiger charge is -2.09. The van der Waals surface area contributed by atoms with Gasteiger partial charge in [-0.25, -0.2) is 13.2 Å². The molecule has 0 fully saturated rings. The number of sulfone groups is 1. The summed E-state index contributed by atoms with van der Waals surface area (Å²) in [4.78, 5) is 10.8. The van der Waals surface area contributed by atoms with Crippen LogP contribution < -0.4 is 0 Å². The second kappa shape index (κ2) is 6.46. The highest BCUT2D eigenvalue weighted by molar-refractivity contribution is 7.91. The summed E-state index contributed by atoms with van der Waals surface area (Å²) < 4.78 is 60.0. The van der Waals surface area contributed by atoms with Gasteiger partial charge in [0.05, 0.1) is 16.2 Å². The van der Waals surface area contributed by atoms with Gasteiger partial charge in [0.2, 0.25) is 0 Å². The van der Waals surface area contributed by atoms with Crippen LogP contribution in [0.5, 0.6) is 0 Å². The molecule has 1 N–H and O–H groups in total. The number of halogens is 3. The van der Waals surface area contributed by atoms with Crippen molar-refractivity contribution in [1.82, 2.24) is 0 Å². The Labute approximate surface area is 120 Å². The highest BCUT2D eigenvalue weighted by Crippen LogP contribution is 2.24. The fourth-order valence-corrected chi connectivity index (χ4v) is 3.17. The van der Waals surface area contributed by atoms with Crippen molar-refractivity contribution in [2.45, 2.75) is 37.3 Å². The summed E-state index contributed by atoms with van der Waals surface area (Å²) in [5.41, 5.74) is 0.325. The van der Waals surface area contributed by atoms with Crippen molar-refractivity contribution in [3.8, 4) is 0 Å². The van der Waals surface area contributed by atoms with E-state index in [0.29, 0.717) is 12.0 Å². The van der Waals surface area contributed by atoms with E-state index in [-0.39, 0.29) is 10.5 Å². The quantitative estimate of drug-likeness (QED) is 0.873. The highest BCUT2D eigenvalue weighted by atomic mass is 32.2. The summed E-state index contributed by atoms with van der Waals surface area (Å²) in [5.74, 6) is -1.93. The first-order valence-electron chi connectivity index (χ1n) is 6.22. The molecule has 0 radical (unpaired) electrons. The number of rotatable bonds is 6. The van der Waals surface area contributed by atoms with Gasteiger partial charge in [-0.3, -0.25) is 0 Å². The maximum atomic E-state index is 12.0. The minimum absolute atomic E-state index is 0.144. The molecule has 1 aromatic rings. The van der Waals surface area contributed by atoms with Crippen molar-refractivity contribution in [3.63, 3.8) is 0 Å². The van der Waals surface area contributed by atoms with Crippen molar-refractivity contribution < 1.29 is 31.5 Å². The van der Waals surface area contributed by atoms with Gasteiger partial charge in [0.15, 0.2) is 9.84 Å². The Kier molecular flexibility index (Phi) is 5.38. The molecular weight excluding hydrogens is 309 g/mol. The van der Waals surface area contributed by atoms with Crippen LogP contribution in [0.15, 0.2) is 23.1 Å². The van der Waals surface area contributed by atoms with E-state index < -0.39 is 40.6 Å². The van der Waals surface area contributed by atoms with E-state index in [0.717, 1.165) is 6.07 Å². The minimum atomic E-state index is -4.41. The number of aromatic carboxylic acids is 1. The van der Waals surface area contributed by atoms with E-state index in [1.807, 2.05) is 0 Å². The predicted molar refractivity (Wildman–Crippen MR) is 70.1 cm³/mol. The van der Waals surface area contributed by atoms with E-state index in [1.165, 1.54) is 12.1 Å². The van der Waals surface area contributed by atoms with Gasteiger partial charge in [-0.05, 0) is 30.5 Å². The van der Waals surface area contributed by atoms with E-state index in [4.69, 9.17) is 5.11 Å². The van der Waals surface area contributed by atoms with Crippen LogP contribution in [0.4, 0.5) is 13.2 Å². The summed E-state index contributed by atoms with van der Waals surface area (Å²) >= 11 is 0. The third-order valence-electron chi connectivity index (χ3n) is 2.93. The Hall–Kier alpha value is -1.57. The van der Waals surface area contributed by atoms with Crippen LogP contribution >= 0.6 is 0 Å². The third-order valence-corrected chi connectivity index (χ3v) is 4.72. The van der Waals surface area contributed by atoms with Gasteiger partial charge in [0.1, 0.15) is 0 Å². The van der Waals surface area contributed by atoms with Crippen LogP contribution in [-0.2, 0) is 16.3 Å². The SMILES string of the molecule is CCc1ccc(S(=O)(=O)CCCC(F)(F)F)cc1C(=O)O. The van der Waals surface area contributed by atoms with Gasteiger partial charge >= 0.3 is 12.1 Å². The lowest BCUT2D eigenvalue weighted by molar-refractivity contribution is -0.134. The molecule has 1 rings (SSSR count). The predicted octanol–water partition coefficient (Wildman–Crippen LogP) is 3.06. The number of carboxylic acid groups (broad SMARTS) is 1. The molecule has 0 aromatic heterocycles. The number of carbonyl (C=O) groups is 1. The normalized spacial score (nSPS) is 12.4. The first kappa shape index (κ1) is 17.5. The van der Waals surface area contributed by atoms with Crippen LogP contribution in [0, 0.1) is 0 Å². The molecule has 0 aliphatic heterocycles. The number of benzene rings is 1. The van der Waals surface area contributed by atoms with Gasteiger partial charge in [-0.15, -0.1) is 0 Å². The van der Waals surface area contributed by atoms with Crippen LogP contribution in [0.2, 0.25) is 0 Å². The molecule has 8 heteroatoms. The Morgan fingerprint density at radius 2 is 1.90 bits per heavy atom. The largest absolute Gasteiger partial charge is 0.478 e. The third kappa shape index (κ3) is 5.04. The van der Waals surface area contributed by atoms with Gasteiger partial charge in [0.25, 0.3) is 0 Å². The molecule has 0 heterocycles. The smallest absolute Gasteiger partial charge is 0.389 e. The molecule has 0 atom stereocenters. The Morgan fingerprint density at radius 1 is 1.29 bits per heavy atom. The molecule has 0 aliphatic rings. The van der Waals surface area contributed by atoms with Gasteiger partial charge < -0.3 is 5.11 Å². The van der Waals surface area contributed by atoms with Crippen molar-refractivity contribution in [1.29, 1.82) is 0 Å². The van der Waals surface area contributed by atoms with Gasteiger partial charge in [-0.2, -0.15) is 13.2 Å². The maximum absolute atomic E-state index is 12.0. The van der Waals surface area contributed by atoms with Crippen molar-refractivity contribution in [2.24, 2.45) is 0 Å². The number of hydrogen-bond donors (Lipinski definition) is 1. The molecule has 0 saturated heterocycles. The lowest BCUT2D eigenvalue weighted by atomic mass is 10.1. The average molecular weight is 324 g/mol. The van der Waals surface area contributed by atoms with Crippen molar-refractivity contribution in [2.75, 3.05) is 5.75 Å². The van der Waals surface area contributed by atoms with Gasteiger partial charge in [0, 0.05) is 6.42 Å². The molecule has 4 nitrogen and oxygen atoms in total. The zero-order valence-corrected chi connectivity index (χ0v) is 12.1. The number of aryl methyl sites for hydroxylation is 1. The molecule has 0 unspecified atom stereocenters. The minimum Gasteiger partial charge on any atom is -0.478 e. The summed E-state index contributed by atoms with van der Waals surface area (Å²) in [6.45, 7) is 1.72. The van der Waals surface area contributed by atoms with Crippen LogP contribution in [0.3, 0.4) is 0 Å². The van der Waals surface area contributed by atoms with Crippen LogP contribution in [-0.4, -0.2) is 31.4 Å². The molecule has 118 valence electrons. The second-order valence-electron chi connectivity index (χ2n) is 4.52. The van der Waals surface area contributed by atoms with Crippen molar-refractivity contribution >= 4 is 15.8 Å². The fraction of sp³-hybridized carbons (Fsp3) is 0.462. The first-order chi connectivity index (χ1) is 9.57. The molecule has 21 heavy (non-hydrogen) atoms. The monoisotopic (exact) mass is 324 g/mol. The Balaban J connectivity index is 2.99. The zero-order valence-electron chi connectivity index (χ0n) is 11.3. The molecule has 0 amide bonds. The number of alkyl halides is 3. The highest BCUT2D eigenvalue weighted by Gasteiger charge is 2.28. The summed E-state index contributed by atoms with van der Waals surface area (Å²) in [5, 5.41) is 9.03. The number of hydrogen-bond acceptors (Lipinski definition) is 3. The topological polar surface area (TPSA) is 71.4 Å². The Bertz CT molecular complexity index is 621. The summed E-state index contributed by atoms with van der Waals surface area (Å²) in [6.07, 6.45) is -5.74. The van der Waals surface area contributed by atoms with Crippen LogP contribution in [0.1, 0.15) is 35.7 Å². The fourth-order valence-electron chi connectivity index (χ4n) is 1.84. The maximum Gasteiger partial charge on any atom is 0.389 e. The molecule has 0 aliphatic carbocycles. The molecular formula is C13H15F3O4S.